The molecule has 1 atom stereocenters. The van der Waals surface area contributed by atoms with Crippen LogP contribution in [0.25, 0.3) is 0 Å². The maximum Gasteiger partial charge on any atom is 0.253 e. The maximum absolute atomic E-state index is 13.2. The fraction of sp³-hybridized carbons (Fsp3) is 0.417. The SMILES string of the molecule is N#Cc1ccc(C(=O)N2CC(C(=O)NCCc3ccncc3)C3(CCOCC3)C2)cc1. The number of nitriles is 1. The normalized spacial score (nSPS) is 19.7. The van der Waals surface area contributed by atoms with Crippen molar-refractivity contribution >= 4 is 11.8 Å². The van der Waals surface area contributed by atoms with Gasteiger partial charge in [0, 0.05) is 56.2 Å². The van der Waals surface area contributed by atoms with E-state index in [-0.39, 0.29) is 23.1 Å². The third kappa shape index (κ3) is 4.59. The molecule has 2 aromatic rings. The molecule has 1 N–H and O–H groups in total. The fourth-order valence-electron chi connectivity index (χ4n) is 4.64. The van der Waals surface area contributed by atoms with E-state index in [1.165, 1.54) is 0 Å². The smallest absolute Gasteiger partial charge is 0.253 e. The lowest BCUT2D eigenvalue weighted by Crippen LogP contribution is -2.44. The monoisotopic (exact) mass is 418 g/mol. The number of pyridine rings is 1. The second-order valence-electron chi connectivity index (χ2n) is 8.30. The number of nitrogens with one attached hydrogen (secondary N) is 1. The van der Waals surface area contributed by atoms with Crippen molar-refractivity contribution in [2.24, 2.45) is 11.3 Å². The Bertz CT molecular complexity index is 963. The van der Waals surface area contributed by atoms with E-state index < -0.39 is 0 Å². The van der Waals surface area contributed by atoms with Crippen molar-refractivity contribution in [1.82, 2.24) is 15.2 Å². The molecule has 7 nitrogen and oxygen atoms in total. The molecule has 2 saturated heterocycles. The van der Waals surface area contributed by atoms with Crippen LogP contribution in [0.1, 0.15) is 34.3 Å². The zero-order chi connectivity index (χ0) is 21.7. The summed E-state index contributed by atoms with van der Waals surface area (Å²) in [4.78, 5) is 32.1. The number of benzene rings is 1. The van der Waals surface area contributed by atoms with Gasteiger partial charge >= 0.3 is 0 Å². The number of aromatic nitrogens is 1. The molecule has 2 fully saturated rings. The minimum Gasteiger partial charge on any atom is -0.381 e. The number of rotatable bonds is 5. The highest BCUT2D eigenvalue weighted by Crippen LogP contribution is 2.44. The zero-order valence-electron chi connectivity index (χ0n) is 17.4. The first-order valence-electron chi connectivity index (χ1n) is 10.7. The second kappa shape index (κ2) is 9.27. The van der Waals surface area contributed by atoms with Crippen molar-refractivity contribution in [3.63, 3.8) is 0 Å². The van der Waals surface area contributed by atoms with Crippen LogP contribution >= 0.6 is 0 Å². The van der Waals surface area contributed by atoms with Crippen LogP contribution in [0.3, 0.4) is 0 Å². The Morgan fingerprint density at radius 2 is 1.87 bits per heavy atom. The van der Waals surface area contributed by atoms with Crippen LogP contribution in [0.5, 0.6) is 0 Å². The molecular weight excluding hydrogens is 392 g/mol. The Kier molecular flexibility index (Phi) is 6.28. The second-order valence-corrected chi connectivity index (χ2v) is 8.30. The molecule has 2 aliphatic heterocycles. The van der Waals surface area contributed by atoms with Gasteiger partial charge in [0.1, 0.15) is 0 Å². The van der Waals surface area contributed by atoms with E-state index in [2.05, 4.69) is 16.4 Å². The quantitative estimate of drug-likeness (QED) is 0.803. The van der Waals surface area contributed by atoms with E-state index in [4.69, 9.17) is 10.00 Å². The van der Waals surface area contributed by atoms with Gasteiger partial charge in [-0.15, -0.1) is 0 Å². The van der Waals surface area contributed by atoms with Gasteiger partial charge in [0.25, 0.3) is 5.91 Å². The highest BCUT2D eigenvalue weighted by Gasteiger charge is 2.51. The van der Waals surface area contributed by atoms with Gasteiger partial charge in [-0.25, -0.2) is 0 Å². The van der Waals surface area contributed by atoms with Crippen LogP contribution in [0.2, 0.25) is 0 Å². The summed E-state index contributed by atoms with van der Waals surface area (Å²) >= 11 is 0. The number of carbonyl (C=O) groups is 2. The molecule has 0 radical (unpaired) electrons. The number of ether oxygens (including phenoxy) is 1. The summed E-state index contributed by atoms with van der Waals surface area (Å²) in [6.07, 6.45) is 5.78. The minimum absolute atomic E-state index is 0.00563. The van der Waals surface area contributed by atoms with Gasteiger partial charge in [-0.3, -0.25) is 14.6 Å². The summed E-state index contributed by atoms with van der Waals surface area (Å²) in [7, 11) is 0. The summed E-state index contributed by atoms with van der Waals surface area (Å²) < 4.78 is 5.56. The van der Waals surface area contributed by atoms with Crippen LogP contribution in [0.15, 0.2) is 48.8 Å². The third-order valence-electron chi connectivity index (χ3n) is 6.46. The predicted octanol–water partition coefficient (Wildman–Crippen LogP) is 2.18. The van der Waals surface area contributed by atoms with E-state index in [9.17, 15) is 9.59 Å². The first-order chi connectivity index (χ1) is 15.1. The molecule has 160 valence electrons. The lowest BCUT2D eigenvalue weighted by atomic mass is 9.71. The summed E-state index contributed by atoms with van der Waals surface area (Å²) in [5.41, 5.74) is 1.94. The summed E-state index contributed by atoms with van der Waals surface area (Å²) in [5, 5.41) is 12.1. The third-order valence-corrected chi connectivity index (χ3v) is 6.46. The van der Waals surface area contributed by atoms with E-state index in [1.807, 2.05) is 12.1 Å². The Balaban J connectivity index is 1.45. The van der Waals surface area contributed by atoms with E-state index >= 15 is 0 Å². The number of carbonyl (C=O) groups excluding carboxylic acids is 2. The lowest BCUT2D eigenvalue weighted by molar-refractivity contribution is -0.129. The number of nitrogens with zero attached hydrogens (tertiary/aromatic N) is 3. The molecule has 1 unspecified atom stereocenters. The van der Waals surface area contributed by atoms with Crippen molar-refractivity contribution in [2.75, 3.05) is 32.8 Å². The molecule has 2 amide bonds. The van der Waals surface area contributed by atoms with Gasteiger partial charge in [-0.05, 0) is 61.2 Å². The molecule has 3 heterocycles. The van der Waals surface area contributed by atoms with Gasteiger partial charge < -0.3 is 15.0 Å². The Morgan fingerprint density at radius 3 is 2.55 bits per heavy atom. The van der Waals surface area contributed by atoms with Gasteiger partial charge in [0.15, 0.2) is 0 Å². The molecule has 1 aromatic carbocycles. The molecule has 31 heavy (non-hydrogen) atoms. The highest BCUT2D eigenvalue weighted by molar-refractivity contribution is 5.95. The molecule has 1 spiro atoms. The summed E-state index contributed by atoms with van der Waals surface area (Å²) in [6.45, 7) is 2.73. The van der Waals surface area contributed by atoms with E-state index in [1.54, 1.807) is 41.6 Å². The van der Waals surface area contributed by atoms with Crippen LogP contribution in [0.4, 0.5) is 0 Å². The van der Waals surface area contributed by atoms with Crippen molar-refractivity contribution < 1.29 is 14.3 Å². The Labute approximate surface area is 182 Å². The minimum atomic E-state index is -0.254. The first kappa shape index (κ1) is 21.0. The summed E-state index contributed by atoms with van der Waals surface area (Å²) in [6, 6.07) is 12.6. The van der Waals surface area contributed by atoms with Crippen molar-refractivity contribution in [3.05, 3.63) is 65.5 Å². The molecule has 7 heteroatoms. The maximum atomic E-state index is 13.2. The Hall–Kier alpha value is -3.24. The lowest BCUT2D eigenvalue weighted by Gasteiger charge is -2.37. The van der Waals surface area contributed by atoms with E-state index in [0.29, 0.717) is 44.0 Å². The van der Waals surface area contributed by atoms with Gasteiger partial charge in [-0.1, -0.05) is 0 Å². The molecule has 2 aliphatic rings. The predicted molar refractivity (Wildman–Crippen MR) is 114 cm³/mol. The van der Waals surface area contributed by atoms with Gasteiger partial charge in [0.2, 0.25) is 5.91 Å². The highest BCUT2D eigenvalue weighted by atomic mass is 16.5. The van der Waals surface area contributed by atoms with Gasteiger partial charge in [0.05, 0.1) is 17.6 Å². The molecule has 4 rings (SSSR count). The average Bonchev–Trinajstić information content (AvgIpc) is 3.18. The van der Waals surface area contributed by atoms with Crippen LogP contribution in [-0.2, 0) is 16.0 Å². The average molecular weight is 418 g/mol. The standard InChI is InChI=1S/C24H26N4O3/c25-15-19-1-3-20(4-2-19)23(30)28-16-21(24(17-28)8-13-31-14-9-24)22(29)27-12-7-18-5-10-26-11-6-18/h1-6,10-11,21H,7-9,12-14,16-17H2,(H,27,29). The molecular formula is C24H26N4O3. The number of hydrogen-bond acceptors (Lipinski definition) is 5. The molecule has 0 bridgehead atoms. The molecule has 0 aliphatic carbocycles. The van der Waals surface area contributed by atoms with Gasteiger partial charge in [-0.2, -0.15) is 5.26 Å². The van der Waals surface area contributed by atoms with Crippen LogP contribution in [0, 0.1) is 22.7 Å². The number of likely N-dealkylation sites (tertiary alicyclic amines) is 1. The molecule has 1 aromatic heterocycles. The van der Waals surface area contributed by atoms with Crippen LogP contribution < -0.4 is 5.32 Å². The van der Waals surface area contributed by atoms with Crippen molar-refractivity contribution in [2.45, 2.75) is 19.3 Å². The first-order valence-corrected chi connectivity index (χ1v) is 10.7. The molecule has 0 saturated carbocycles. The largest absolute Gasteiger partial charge is 0.381 e. The van der Waals surface area contributed by atoms with Crippen LogP contribution in [-0.4, -0.2) is 54.5 Å². The topological polar surface area (TPSA) is 95.3 Å². The Morgan fingerprint density at radius 1 is 1.16 bits per heavy atom. The van der Waals surface area contributed by atoms with Crippen molar-refractivity contribution in [3.8, 4) is 6.07 Å². The summed E-state index contributed by atoms with van der Waals surface area (Å²) in [5.74, 6) is -0.343. The fourth-order valence-corrected chi connectivity index (χ4v) is 4.64. The zero-order valence-corrected chi connectivity index (χ0v) is 17.4. The number of amides is 2. The van der Waals surface area contributed by atoms with Crippen molar-refractivity contribution in [1.29, 1.82) is 5.26 Å². The van der Waals surface area contributed by atoms with E-state index in [0.717, 1.165) is 24.8 Å². The number of hydrogen-bond donors (Lipinski definition) is 1.